The van der Waals surface area contributed by atoms with Gasteiger partial charge in [0.2, 0.25) is 0 Å². The highest BCUT2D eigenvalue weighted by Crippen LogP contribution is 2.24. The summed E-state index contributed by atoms with van der Waals surface area (Å²) in [5.74, 6) is -0.136. The number of benzene rings is 1. The van der Waals surface area contributed by atoms with E-state index < -0.39 is 0 Å². The maximum absolute atomic E-state index is 13.1. The van der Waals surface area contributed by atoms with Gasteiger partial charge in [-0.05, 0) is 28.1 Å². The Hall–Kier alpha value is -0.830. The van der Waals surface area contributed by atoms with Gasteiger partial charge < -0.3 is 4.74 Å². The number of ether oxygens (including phenoxy) is 1. The summed E-state index contributed by atoms with van der Waals surface area (Å²) in [6.45, 7) is 3.78. The molecule has 0 N–H and O–H groups in total. The summed E-state index contributed by atoms with van der Waals surface area (Å²) >= 11 is 3.06. The number of hydrogen-bond donors (Lipinski definition) is 0. The van der Waals surface area contributed by atoms with Crippen LogP contribution >= 0.6 is 15.9 Å². The van der Waals surface area contributed by atoms with Gasteiger partial charge in [0, 0.05) is 0 Å². The van der Waals surface area contributed by atoms with Gasteiger partial charge in [0.1, 0.15) is 6.61 Å². The van der Waals surface area contributed by atoms with E-state index in [0.29, 0.717) is 11.1 Å². The molecule has 0 unspecified atom stereocenters. The topological polar surface area (TPSA) is 9.23 Å². The molecule has 12 heavy (non-hydrogen) atoms. The van der Waals surface area contributed by atoms with Crippen molar-refractivity contribution in [1.29, 1.82) is 0 Å². The van der Waals surface area contributed by atoms with Crippen LogP contribution in [0.3, 0.4) is 0 Å². The number of rotatable bonds is 3. The van der Waals surface area contributed by atoms with Crippen molar-refractivity contribution >= 4 is 15.9 Å². The van der Waals surface area contributed by atoms with Crippen molar-refractivity contribution in [1.82, 2.24) is 0 Å². The molecule has 0 fully saturated rings. The summed E-state index contributed by atoms with van der Waals surface area (Å²) in [5, 5.41) is 0. The molecule has 3 heteroatoms. The van der Waals surface area contributed by atoms with Gasteiger partial charge >= 0.3 is 0 Å². The first-order chi connectivity index (χ1) is 5.75. The maximum Gasteiger partial charge on any atom is 0.179 e. The Bertz CT molecular complexity index is 286. The minimum absolute atomic E-state index is 0.240. The van der Waals surface area contributed by atoms with Gasteiger partial charge in [-0.15, -0.1) is 0 Å². The molecule has 0 heterocycles. The lowest BCUT2D eigenvalue weighted by Crippen LogP contribution is -1.95. The van der Waals surface area contributed by atoms with Crippen LogP contribution in [0.15, 0.2) is 35.3 Å². The van der Waals surface area contributed by atoms with Gasteiger partial charge in [0.25, 0.3) is 0 Å². The zero-order chi connectivity index (χ0) is 8.97. The van der Waals surface area contributed by atoms with Crippen molar-refractivity contribution in [3.63, 3.8) is 0 Å². The Balaban J connectivity index is 2.84. The molecular weight excluding hydrogens is 223 g/mol. The summed E-state index contributed by atoms with van der Waals surface area (Å²) < 4.78 is 18.6. The number of halogens is 2. The lowest BCUT2D eigenvalue weighted by Gasteiger charge is -2.04. The second-order valence-corrected chi connectivity index (χ2v) is 3.01. The summed E-state index contributed by atoms with van der Waals surface area (Å²) in [7, 11) is 0. The minimum atomic E-state index is -0.376. The van der Waals surface area contributed by atoms with E-state index in [0.717, 1.165) is 0 Å². The normalized spacial score (nSPS) is 9.50. The van der Waals surface area contributed by atoms with Crippen LogP contribution in [0.2, 0.25) is 0 Å². The van der Waals surface area contributed by atoms with Crippen molar-refractivity contribution in [2.45, 2.75) is 0 Å². The first kappa shape index (κ1) is 9.26. The van der Waals surface area contributed by atoms with Crippen molar-refractivity contribution in [2.24, 2.45) is 0 Å². The van der Waals surface area contributed by atoms with E-state index in [9.17, 15) is 4.39 Å². The molecule has 0 aromatic heterocycles. The Morgan fingerprint density at radius 2 is 2.33 bits per heavy atom. The Morgan fingerprint density at radius 1 is 1.58 bits per heavy atom. The lowest BCUT2D eigenvalue weighted by atomic mass is 10.3. The molecule has 1 aromatic rings. The third-order valence-electron chi connectivity index (χ3n) is 1.27. The molecule has 0 radical (unpaired) electrons. The predicted octanol–water partition coefficient (Wildman–Crippen LogP) is 3.15. The molecule has 64 valence electrons. The van der Waals surface area contributed by atoms with Crippen molar-refractivity contribution < 1.29 is 9.13 Å². The zero-order valence-electron chi connectivity index (χ0n) is 6.39. The van der Waals surface area contributed by atoms with Crippen LogP contribution in [0.5, 0.6) is 5.75 Å². The standard InChI is InChI=1S/C9H8BrFO/c1-2-6-12-8-5-3-4-7(10)9(8)11/h2-5H,1,6H2. The lowest BCUT2D eigenvalue weighted by molar-refractivity contribution is 0.341. The van der Waals surface area contributed by atoms with Gasteiger partial charge in [-0.3, -0.25) is 0 Å². The second-order valence-electron chi connectivity index (χ2n) is 2.15. The zero-order valence-corrected chi connectivity index (χ0v) is 7.97. The molecule has 1 nitrogen and oxygen atoms in total. The third kappa shape index (κ3) is 2.08. The van der Waals surface area contributed by atoms with Crippen LogP contribution in [0.25, 0.3) is 0 Å². The van der Waals surface area contributed by atoms with Crippen LogP contribution in [0.4, 0.5) is 4.39 Å². The van der Waals surface area contributed by atoms with Crippen molar-refractivity contribution in [3.05, 3.63) is 41.1 Å². The molecule has 0 saturated heterocycles. The summed E-state index contributed by atoms with van der Waals surface area (Å²) in [5.41, 5.74) is 0. The van der Waals surface area contributed by atoms with Crippen LogP contribution in [0, 0.1) is 5.82 Å². The molecule has 0 saturated carbocycles. The average Bonchev–Trinajstić information content (AvgIpc) is 2.08. The van der Waals surface area contributed by atoms with E-state index in [2.05, 4.69) is 22.5 Å². The van der Waals surface area contributed by atoms with E-state index in [4.69, 9.17) is 4.74 Å². The Kier molecular flexibility index (Phi) is 3.29. The molecule has 0 atom stereocenters. The molecular formula is C9H8BrFO. The van der Waals surface area contributed by atoms with Crippen molar-refractivity contribution in [3.8, 4) is 5.75 Å². The molecule has 0 aliphatic heterocycles. The highest BCUT2D eigenvalue weighted by Gasteiger charge is 2.04. The SMILES string of the molecule is C=CCOc1cccc(Br)c1F. The Morgan fingerprint density at radius 3 is 3.00 bits per heavy atom. The summed E-state index contributed by atoms with van der Waals surface area (Å²) in [4.78, 5) is 0. The van der Waals surface area contributed by atoms with Crippen LogP contribution in [-0.4, -0.2) is 6.61 Å². The van der Waals surface area contributed by atoms with Crippen LogP contribution < -0.4 is 4.74 Å². The van der Waals surface area contributed by atoms with E-state index in [-0.39, 0.29) is 11.6 Å². The monoisotopic (exact) mass is 230 g/mol. The molecule has 0 aliphatic carbocycles. The summed E-state index contributed by atoms with van der Waals surface area (Å²) in [6, 6.07) is 4.91. The van der Waals surface area contributed by atoms with E-state index in [1.807, 2.05) is 0 Å². The smallest absolute Gasteiger partial charge is 0.179 e. The highest BCUT2D eigenvalue weighted by atomic mass is 79.9. The molecule has 0 bridgehead atoms. The molecule has 0 spiro atoms. The predicted molar refractivity (Wildman–Crippen MR) is 49.8 cm³/mol. The largest absolute Gasteiger partial charge is 0.486 e. The quantitative estimate of drug-likeness (QED) is 0.726. The number of hydrogen-bond acceptors (Lipinski definition) is 1. The second kappa shape index (κ2) is 4.26. The minimum Gasteiger partial charge on any atom is -0.486 e. The fourth-order valence-corrected chi connectivity index (χ4v) is 1.09. The van der Waals surface area contributed by atoms with Crippen LogP contribution in [-0.2, 0) is 0 Å². The van der Waals surface area contributed by atoms with Gasteiger partial charge in [-0.25, -0.2) is 4.39 Å². The average molecular weight is 231 g/mol. The fraction of sp³-hybridized carbons (Fsp3) is 0.111. The first-order valence-corrected chi connectivity index (χ1v) is 4.22. The fourth-order valence-electron chi connectivity index (χ4n) is 0.744. The molecule has 0 amide bonds. The third-order valence-corrected chi connectivity index (χ3v) is 1.89. The van der Waals surface area contributed by atoms with E-state index in [1.54, 1.807) is 24.3 Å². The Labute approximate surface area is 79.0 Å². The summed E-state index contributed by atoms with van der Waals surface area (Å²) in [6.07, 6.45) is 1.57. The van der Waals surface area contributed by atoms with E-state index >= 15 is 0 Å². The van der Waals surface area contributed by atoms with Gasteiger partial charge in [0.05, 0.1) is 4.47 Å². The van der Waals surface area contributed by atoms with Crippen molar-refractivity contribution in [2.75, 3.05) is 6.61 Å². The van der Waals surface area contributed by atoms with Gasteiger partial charge in [-0.2, -0.15) is 0 Å². The first-order valence-electron chi connectivity index (χ1n) is 3.43. The van der Waals surface area contributed by atoms with Gasteiger partial charge in [0.15, 0.2) is 11.6 Å². The molecule has 0 aliphatic rings. The maximum atomic E-state index is 13.1. The van der Waals surface area contributed by atoms with E-state index in [1.165, 1.54) is 0 Å². The molecule has 1 aromatic carbocycles. The van der Waals surface area contributed by atoms with Crippen LogP contribution in [0.1, 0.15) is 0 Å². The van der Waals surface area contributed by atoms with Gasteiger partial charge in [-0.1, -0.05) is 18.7 Å². The highest BCUT2D eigenvalue weighted by molar-refractivity contribution is 9.10. The molecule has 1 rings (SSSR count).